The van der Waals surface area contributed by atoms with Gasteiger partial charge in [0.25, 0.3) is 0 Å². The Hall–Kier alpha value is -2.35. The molecule has 0 aliphatic heterocycles. The Kier molecular flexibility index (Phi) is 4.55. The second kappa shape index (κ2) is 6.51. The lowest BCUT2D eigenvalue weighted by molar-refractivity contribution is -0.116. The van der Waals surface area contributed by atoms with Crippen molar-refractivity contribution in [1.82, 2.24) is 0 Å². The molecule has 0 spiro atoms. The molecule has 130 valence electrons. The molecule has 0 radical (unpaired) electrons. The Labute approximate surface area is 150 Å². The monoisotopic (exact) mass is 334 g/mol. The number of hydrogen-bond acceptors (Lipinski definition) is 2. The van der Waals surface area contributed by atoms with E-state index in [0.717, 1.165) is 12.2 Å². The van der Waals surface area contributed by atoms with Crippen LogP contribution in [0.15, 0.2) is 66.2 Å². The highest BCUT2D eigenvalue weighted by atomic mass is 16.5. The Balaban J connectivity index is 2.17. The maximum Gasteiger partial charge on any atom is 0.156 e. The SMILES string of the molecule is COc1ccc(C2(c3ccccc3)CC(=O)C=C(C(C)(C)C)C2)cc1. The summed E-state index contributed by atoms with van der Waals surface area (Å²) in [5, 5.41) is 0. The van der Waals surface area contributed by atoms with Crippen molar-refractivity contribution >= 4 is 5.78 Å². The van der Waals surface area contributed by atoms with Gasteiger partial charge in [0, 0.05) is 11.8 Å². The van der Waals surface area contributed by atoms with Gasteiger partial charge in [-0.1, -0.05) is 68.8 Å². The molecule has 2 aromatic carbocycles. The molecule has 0 bridgehead atoms. The molecule has 1 aliphatic rings. The molecule has 0 amide bonds. The first-order valence-electron chi connectivity index (χ1n) is 8.79. The van der Waals surface area contributed by atoms with E-state index in [4.69, 9.17) is 4.74 Å². The number of benzene rings is 2. The first kappa shape index (κ1) is 17.5. The van der Waals surface area contributed by atoms with Crippen molar-refractivity contribution in [3.8, 4) is 5.75 Å². The maximum atomic E-state index is 12.7. The molecule has 25 heavy (non-hydrogen) atoms. The number of rotatable bonds is 3. The van der Waals surface area contributed by atoms with Gasteiger partial charge in [0.05, 0.1) is 7.11 Å². The van der Waals surface area contributed by atoms with Gasteiger partial charge in [0.15, 0.2) is 5.78 Å². The lowest BCUT2D eigenvalue weighted by atomic mass is 9.62. The van der Waals surface area contributed by atoms with Crippen molar-refractivity contribution in [2.45, 2.75) is 39.0 Å². The van der Waals surface area contributed by atoms with Crippen molar-refractivity contribution in [3.63, 3.8) is 0 Å². The van der Waals surface area contributed by atoms with Crippen molar-refractivity contribution in [2.75, 3.05) is 7.11 Å². The van der Waals surface area contributed by atoms with Crippen molar-refractivity contribution < 1.29 is 9.53 Å². The van der Waals surface area contributed by atoms with Gasteiger partial charge < -0.3 is 4.74 Å². The summed E-state index contributed by atoms with van der Waals surface area (Å²) in [6.45, 7) is 6.55. The highest BCUT2D eigenvalue weighted by Crippen LogP contribution is 2.48. The number of methoxy groups -OCH3 is 1. The van der Waals surface area contributed by atoms with E-state index < -0.39 is 0 Å². The molecule has 1 aliphatic carbocycles. The standard InChI is InChI=1S/C23H26O2/c1-22(2,3)19-14-20(24)16-23(15-19,17-8-6-5-7-9-17)18-10-12-21(25-4)13-11-18/h5-14H,15-16H2,1-4H3. The summed E-state index contributed by atoms with van der Waals surface area (Å²) in [6.07, 6.45) is 3.23. The average molecular weight is 334 g/mol. The van der Waals surface area contributed by atoms with Gasteiger partial charge in [0.1, 0.15) is 5.75 Å². The molecule has 0 saturated carbocycles. The molecule has 1 atom stereocenters. The Bertz CT molecular complexity index is 779. The fourth-order valence-electron chi connectivity index (χ4n) is 3.71. The zero-order valence-corrected chi connectivity index (χ0v) is 15.5. The van der Waals surface area contributed by atoms with Gasteiger partial charge in [0.2, 0.25) is 0 Å². The fourth-order valence-corrected chi connectivity index (χ4v) is 3.71. The summed E-state index contributed by atoms with van der Waals surface area (Å²) in [5.41, 5.74) is 3.24. The van der Waals surface area contributed by atoms with E-state index in [-0.39, 0.29) is 16.6 Å². The minimum Gasteiger partial charge on any atom is -0.497 e. The fraction of sp³-hybridized carbons (Fsp3) is 0.348. The van der Waals surface area contributed by atoms with Crippen LogP contribution in [0.3, 0.4) is 0 Å². The highest BCUT2D eigenvalue weighted by Gasteiger charge is 2.41. The molecule has 2 aromatic rings. The third kappa shape index (κ3) is 3.39. The lowest BCUT2D eigenvalue weighted by Crippen LogP contribution is -2.36. The summed E-state index contributed by atoms with van der Waals surface area (Å²) >= 11 is 0. The third-order valence-electron chi connectivity index (χ3n) is 5.24. The zero-order chi connectivity index (χ0) is 18.1. The van der Waals surface area contributed by atoms with Crippen LogP contribution in [0.5, 0.6) is 5.75 Å². The summed E-state index contributed by atoms with van der Waals surface area (Å²) in [5.74, 6) is 1.04. The average Bonchev–Trinajstić information content (AvgIpc) is 2.61. The number of ether oxygens (including phenoxy) is 1. The Morgan fingerprint density at radius 1 is 0.880 bits per heavy atom. The largest absolute Gasteiger partial charge is 0.497 e. The Morgan fingerprint density at radius 2 is 1.48 bits per heavy atom. The van der Waals surface area contributed by atoms with E-state index in [2.05, 4.69) is 57.2 Å². The molecule has 0 N–H and O–H groups in total. The summed E-state index contributed by atoms with van der Waals surface area (Å²) in [4.78, 5) is 12.7. The molecule has 0 heterocycles. The van der Waals surface area contributed by atoms with Gasteiger partial charge in [-0.2, -0.15) is 0 Å². The summed E-state index contributed by atoms with van der Waals surface area (Å²) < 4.78 is 5.31. The van der Waals surface area contributed by atoms with Crippen LogP contribution in [-0.4, -0.2) is 12.9 Å². The first-order valence-corrected chi connectivity index (χ1v) is 8.79. The molecule has 2 nitrogen and oxygen atoms in total. The number of carbonyl (C=O) groups excluding carboxylic acids is 1. The van der Waals surface area contributed by atoms with Gasteiger partial charge in [-0.05, 0) is 41.2 Å². The predicted octanol–water partition coefficient (Wildman–Crippen LogP) is 5.32. The topological polar surface area (TPSA) is 26.3 Å². The zero-order valence-electron chi connectivity index (χ0n) is 15.5. The van der Waals surface area contributed by atoms with E-state index in [1.54, 1.807) is 7.11 Å². The van der Waals surface area contributed by atoms with Crippen LogP contribution >= 0.6 is 0 Å². The molecule has 0 fully saturated rings. The van der Waals surface area contributed by atoms with Gasteiger partial charge in [-0.3, -0.25) is 4.79 Å². The number of allylic oxidation sites excluding steroid dienone is 2. The summed E-state index contributed by atoms with van der Waals surface area (Å²) in [6, 6.07) is 18.6. The van der Waals surface area contributed by atoms with Crippen LogP contribution in [-0.2, 0) is 10.2 Å². The van der Waals surface area contributed by atoms with E-state index in [1.165, 1.54) is 16.7 Å². The second-order valence-electron chi connectivity index (χ2n) is 7.92. The van der Waals surface area contributed by atoms with Crippen molar-refractivity contribution in [2.24, 2.45) is 5.41 Å². The van der Waals surface area contributed by atoms with Gasteiger partial charge in [-0.15, -0.1) is 0 Å². The van der Waals surface area contributed by atoms with Crippen molar-refractivity contribution in [3.05, 3.63) is 77.4 Å². The molecule has 0 aromatic heterocycles. The van der Waals surface area contributed by atoms with Crippen LogP contribution < -0.4 is 4.74 Å². The molecule has 0 saturated heterocycles. The van der Waals surface area contributed by atoms with Crippen LogP contribution in [0.2, 0.25) is 0 Å². The smallest absolute Gasteiger partial charge is 0.156 e. The molecule has 3 rings (SSSR count). The number of hydrogen-bond donors (Lipinski definition) is 0. The maximum absolute atomic E-state index is 12.7. The molecular weight excluding hydrogens is 308 g/mol. The number of ketones is 1. The first-order chi connectivity index (χ1) is 11.8. The van der Waals surface area contributed by atoms with Crippen LogP contribution in [0.4, 0.5) is 0 Å². The second-order valence-corrected chi connectivity index (χ2v) is 7.92. The molecular formula is C23H26O2. The third-order valence-corrected chi connectivity index (χ3v) is 5.24. The highest BCUT2D eigenvalue weighted by molar-refractivity contribution is 5.93. The van der Waals surface area contributed by atoms with Gasteiger partial charge >= 0.3 is 0 Å². The molecule has 2 heteroatoms. The van der Waals surface area contributed by atoms with Crippen molar-refractivity contribution in [1.29, 1.82) is 0 Å². The minimum atomic E-state index is -0.317. The molecule has 1 unspecified atom stereocenters. The van der Waals surface area contributed by atoms with E-state index in [1.807, 2.05) is 24.3 Å². The van der Waals surface area contributed by atoms with Crippen LogP contribution in [0.1, 0.15) is 44.7 Å². The quantitative estimate of drug-likeness (QED) is 0.759. The van der Waals surface area contributed by atoms with Crippen LogP contribution in [0.25, 0.3) is 0 Å². The van der Waals surface area contributed by atoms with E-state index >= 15 is 0 Å². The van der Waals surface area contributed by atoms with E-state index in [9.17, 15) is 4.79 Å². The lowest BCUT2D eigenvalue weighted by Gasteiger charge is -2.41. The van der Waals surface area contributed by atoms with Crippen LogP contribution in [0, 0.1) is 5.41 Å². The van der Waals surface area contributed by atoms with Gasteiger partial charge in [-0.25, -0.2) is 0 Å². The number of carbonyl (C=O) groups is 1. The predicted molar refractivity (Wildman–Crippen MR) is 102 cm³/mol. The van der Waals surface area contributed by atoms with E-state index in [0.29, 0.717) is 6.42 Å². The minimum absolute atomic E-state index is 0.0252. The normalized spacial score (nSPS) is 21.0. The Morgan fingerprint density at radius 3 is 2.04 bits per heavy atom. The summed E-state index contributed by atoms with van der Waals surface area (Å²) in [7, 11) is 1.67.